The lowest BCUT2D eigenvalue weighted by Crippen LogP contribution is -2.16. The van der Waals surface area contributed by atoms with Crippen molar-refractivity contribution in [2.45, 2.75) is 0 Å². The molecule has 0 saturated carbocycles. The number of aromatic amines is 1. The van der Waals surface area contributed by atoms with Crippen LogP contribution in [-0.4, -0.2) is 40.6 Å². The molecule has 5 nitrogen and oxygen atoms in total. The molecule has 15 heavy (non-hydrogen) atoms. The van der Waals surface area contributed by atoms with Crippen LogP contribution in [0.1, 0.15) is 0 Å². The molecule has 0 aliphatic heterocycles. The average Bonchev–Trinajstić information content (AvgIpc) is 2.57. The first-order valence-electron chi connectivity index (χ1n) is 4.71. The zero-order chi connectivity index (χ0) is 10.8. The quantitative estimate of drug-likeness (QED) is 0.708. The smallest absolute Gasteiger partial charge is 0.126 e. The second-order valence-corrected chi connectivity index (χ2v) is 3.68. The van der Waals surface area contributed by atoms with Crippen LogP contribution in [0.5, 0.6) is 0 Å². The van der Waals surface area contributed by atoms with Gasteiger partial charge in [0.15, 0.2) is 0 Å². The summed E-state index contributed by atoms with van der Waals surface area (Å²) < 4.78 is 1.08. The number of aromatic nitrogens is 2. The highest BCUT2D eigenvalue weighted by atomic mass is 16.5. The molecular formula is C10H14N4O. The van der Waals surface area contributed by atoms with Gasteiger partial charge in [-0.1, -0.05) is 0 Å². The van der Waals surface area contributed by atoms with Crippen LogP contribution in [0.3, 0.4) is 0 Å². The van der Waals surface area contributed by atoms with Crippen molar-refractivity contribution in [3.05, 3.63) is 29.9 Å². The maximum absolute atomic E-state index is 9.38. The van der Waals surface area contributed by atoms with Crippen molar-refractivity contribution in [1.29, 1.82) is 0 Å². The first-order chi connectivity index (χ1) is 7.16. The summed E-state index contributed by atoms with van der Waals surface area (Å²) in [5, 5.41) is 9.38. The molecule has 2 N–H and O–H groups in total. The van der Waals surface area contributed by atoms with E-state index in [2.05, 4.69) is 9.98 Å². The second kappa shape index (κ2) is 3.78. The summed E-state index contributed by atoms with van der Waals surface area (Å²) in [7, 11) is 3.93. The Balaban J connectivity index is 2.43. The fourth-order valence-electron chi connectivity index (χ4n) is 1.35. The van der Waals surface area contributed by atoms with Crippen LogP contribution in [0.25, 0.3) is 11.0 Å². The van der Waals surface area contributed by atoms with Gasteiger partial charge in [0, 0.05) is 6.20 Å². The van der Waals surface area contributed by atoms with Gasteiger partial charge in [-0.15, -0.1) is 0 Å². The lowest BCUT2D eigenvalue weighted by atomic mass is 10.4. The molecule has 0 atom stereocenters. The molecule has 0 amide bonds. The fourth-order valence-corrected chi connectivity index (χ4v) is 1.35. The minimum atomic E-state index is 0.641. The Bertz CT molecular complexity index is 523. The molecule has 0 unspecified atom stereocenters. The minimum absolute atomic E-state index is 0.641. The molecule has 0 fully saturated rings. The van der Waals surface area contributed by atoms with Crippen LogP contribution in [-0.2, 0) is 0 Å². The van der Waals surface area contributed by atoms with E-state index in [9.17, 15) is 5.21 Å². The first kappa shape index (κ1) is 9.79. The number of hydrogen-bond acceptors (Lipinski definition) is 3. The molecule has 2 aromatic rings. The standard InChI is InChI=1S/C10H14N4O/c1-13(2)7-11-10-4-3-9-8(12-10)5-6-14(9)15/h3-6,15H,7H2,1-2H3,(H,11,12). The number of fused-ring (bicyclic) bond motifs is 1. The van der Waals surface area contributed by atoms with E-state index in [0.29, 0.717) is 6.67 Å². The largest absolute Gasteiger partial charge is 0.428 e. The van der Waals surface area contributed by atoms with Gasteiger partial charge in [-0.2, -0.15) is 4.73 Å². The molecule has 0 aliphatic carbocycles. The van der Waals surface area contributed by atoms with Gasteiger partial charge in [0.25, 0.3) is 0 Å². The minimum Gasteiger partial charge on any atom is -0.428 e. The first-order valence-corrected chi connectivity index (χ1v) is 4.71. The van der Waals surface area contributed by atoms with Crippen molar-refractivity contribution in [2.24, 2.45) is 4.99 Å². The maximum Gasteiger partial charge on any atom is 0.126 e. The molecule has 2 aromatic heterocycles. The monoisotopic (exact) mass is 206 g/mol. The van der Waals surface area contributed by atoms with Gasteiger partial charge < -0.3 is 10.2 Å². The average molecular weight is 206 g/mol. The number of nitrogens with one attached hydrogen (secondary N) is 1. The van der Waals surface area contributed by atoms with Crippen LogP contribution in [0.4, 0.5) is 0 Å². The van der Waals surface area contributed by atoms with Gasteiger partial charge in [-0.25, -0.2) is 0 Å². The molecule has 5 heteroatoms. The molecule has 2 heterocycles. The summed E-state index contributed by atoms with van der Waals surface area (Å²) >= 11 is 0. The van der Waals surface area contributed by atoms with Crippen LogP contribution in [0.15, 0.2) is 29.4 Å². The van der Waals surface area contributed by atoms with Crippen molar-refractivity contribution in [1.82, 2.24) is 14.6 Å². The number of H-pyrrole nitrogens is 1. The van der Waals surface area contributed by atoms with Crippen molar-refractivity contribution in [3.8, 4) is 0 Å². The highest BCUT2D eigenvalue weighted by Gasteiger charge is 1.97. The molecule has 0 bridgehead atoms. The summed E-state index contributed by atoms with van der Waals surface area (Å²) in [6.07, 6.45) is 1.59. The van der Waals surface area contributed by atoms with E-state index in [4.69, 9.17) is 0 Å². The fraction of sp³-hybridized carbons (Fsp3) is 0.300. The molecule has 80 valence electrons. The van der Waals surface area contributed by atoms with Crippen LogP contribution < -0.4 is 5.49 Å². The molecule has 0 aliphatic rings. The van der Waals surface area contributed by atoms with Gasteiger partial charge in [0.05, 0.1) is 12.2 Å². The van der Waals surface area contributed by atoms with Crippen LogP contribution >= 0.6 is 0 Å². The highest BCUT2D eigenvalue weighted by molar-refractivity contribution is 5.74. The van der Waals surface area contributed by atoms with E-state index >= 15 is 0 Å². The van der Waals surface area contributed by atoms with Gasteiger partial charge in [0.1, 0.15) is 11.0 Å². The Hall–Kier alpha value is -1.75. The molecule has 0 aromatic carbocycles. The second-order valence-electron chi connectivity index (χ2n) is 3.68. The van der Waals surface area contributed by atoms with Crippen LogP contribution in [0, 0.1) is 0 Å². The summed E-state index contributed by atoms with van der Waals surface area (Å²) in [5.41, 5.74) is 2.43. The van der Waals surface area contributed by atoms with E-state index in [1.54, 1.807) is 6.20 Å². The van der Waals surface area contributed by atoms with Gasteiger partial charge in [-0.05, 0) is 32.3 Å². The van der Waals surface area contributed by atoms with E-state index in [0.717, 1.165) is 21.3 Å². The van der Waals surface area contributed by atoms with Gasteiger partial charge in [-0.3, -0.25) is 9.89 Å². The summed E-state index contributed by atoms with van der Waals surface area (Å²) in [5.74, 6) is 0. The lowest BCUT2D eigenvalue weighted by Gasteiger charge is -2.03. The van der Waals surface area contributed by atoms with E-state index < -0.39 is 0 Å². The van der Waals surface area contributed by atoms with Crippen molar-refractivity contribution in [3.63, 3.8) is 0 Å². The Morgan fingerprint density at radius 1 is 1.40 bits per heavy atom. The van der Waals surface area contributed by atoms with Gasteiger partial charge >= 0.3 is 0 Å². The third-order valence-electron chi connectivity index (χ3n) is 2.09. The van der Waals surface area contributed by atoms with E-state index in [1.807, 2.05) is 37.2 Å². The van der Waals surface area contributed by atoms with Crippen molar-refractivity contribution < 1.29 is 5.21 Å². The Morgan fingerprint density at radius 2 is 2.20 bits per heavy atom. The zero-order valence-electron chi connectivity index (χ0n) is 8.81. The SMILES string of the molecule is CN(C)CN=c1ccc2c(ccn2O)[nH]1. The Morgan fingerprint density at radius 3 is 2.93 bits per heavy atom. The normalized spacial score (nSPS) is 12.9. The van der Waals surface area contributed by atoms with Crippen LogP contribution in [0.2, 0.25) is 0 Å². The predicted octanol–water partition coefficient (Wildman–Crippen LogP) is 0.626. The van der Waals surface area contributed by atoms with Crippen molar-refractivity contribution in [2.75, 3.05) is 20.8 Å². The number of rotatable bonds is 2. The maximum atomic E-state index is 9.38. The highest BCUT2D eigenvalue weighted by Crippen LogP contribution is 2.07. The summed E-state index contributed by atoms with van der Waals surface area (Å²) in [6.45, 7) is 0.641. The van der Waals surface area contributed by atoms with Crippen molar-refractivity contribution >= 4 is 11.0 Å². The number of hydrogen-bond donors (Lipinski definition) is 2. The third kappa shape index (κ3) is 2.02. The summed E-state index contributed by atoms with van der Waals surface area (Å²) in [4.78, 5) is 9.45. The number of pyridine rings is 1. The predicted molar refractivity (Wildman–Crippen MR) is 57.6 cm³/mol. The molecule has 0 saturated heterocycles. The number of nitrogens with zero attached hydrogens (tertiary/aromatic N) is 3. The molecule has 0 spiro atoms. The van der Waals surface area contributed by atoms with Gasteiger partial charge in [0.2, 0.25) is 0 Å². The molecule has 0 radical (unpaired) electrons. The third-order valence-corrected chi connectivity index (χ3v) is 2.09. The zero-order valence-corrected chi connectivity index (χ0v) is 8.81. The van der Waals surface area contributed by atoms with E-state index in [-0.39, 0.29) is 0 Å². The molecular weight excluding hydrogens is 192 g/mol. The lowest BCUT2D eigenvalue weighted by molar-refractivity contribution is 0.200. The topological polar surface area (TPSA) is 56.6 Å². The Labute approximate surface area is 87.3 Å². The van der Waals surface area contributed by atoms with E-state index in [1.165, 1.54) is 0 Å². The Kier molecular flexibility index (Phi) is 2.47. The summed E-state index contributed by atoms with van der Waals surface area (Å²) in [6, 6.07) is 5.49. The molecule has 2 rings (SSSR count).